The summed E-state index contributed by atoms with van der Waals surface area (Å²) in [7, 11) is 4.24. The summed E-state index contributed by atoms with van der Waals surface area (Å²) in [5.74, 6) is 0. The summed E-state index contributed by atoms with van der Waals surface area (Å²) >= 11 is 0. The molecule has 13 heavy (non-hydrogen) atoms. The molecule has 0 aromatic heterocycles. The zero-order valence-electron chi connectivity index (χ0n) is 9.67. The lowest BCUT2D eigenvalue weighted by atomic mass is 10.1. The maximum absolute atomic E-state index is 2.55. The molecule has 3 nitrogen and oxygen atoms in total. The molecule has 0 aromatic carbocycles. The van der Waals surface area contributed by atoms with E-state index in [9.17, 15) is 0 Å². The molecule has 1 aliphatic rings. The average molecular weight is 185 g/mol. The van der Waals surface area contributed by atoms with E-state index < -0.39 is 0 Å². The van der Waals surface area contributed by atoms with E-state index in [-0.39, 0.29) is 0 Å². The molecule has 0 aliphatic carbocycles. The molecule has 1 heterocycles. The monoisotopic (exact) mass is 185 g/mol. The van der Waals surface area contributed by atoms with Crippen LogP contribution >= 0.6 is 0 Å². The van der Waals surface area contributed by atoms with Gasteiger partial charge in [-0.25, -0.2) is 10.0 Å². The van der Waals surface area contributed by atoms with Crippen molar-refractivity contribution in [3.8, 4) is 0 Å². The summed E-state index contributed by atoms with van der Waals surface area (Å²) in [6.07, 6.45) is 0. The number of hydrogen-bond acceptors (Lipinski definition) is 3. The topological polar surface area (TPSA) is 9.72 Å². The lowest BCUT2D eigenvalue weighted by Gasteiger charge is -2.43. The van der Waals surface area contributed by atoms with Crippen molar-refractivity contribution in [2.24, 2.45) is 0 Å². The van der Waals surface area contributed by atoms with Crippen LogP contribution in [0.4, 0.5) is 0 Å². The fourth-order valence-corrected chi connectivity index (χ4v) is 1.77. The fourth-order valence-electron chi connectivity index (χ4n) is 1.77. The van der Waals surface area contributed by atoms with Crippen molar-refractivity contribution >= 4 is 0 Å². The Morgan fingerprint density at radius 3 is 1.69 bits per heavy atom. The highest BCUT2D eigenvalue weighted by atomic mass is 15.6. The molecule has 0 spiro atoms. The van der Waals surface area contributed by atoms with Gasteiger partial charge in [0.05, 0.1) is 0 Å². The Hall–Kier alpha value is -0.120. The van der Waals surface area contributed by atoms with Gasteiger partial charge in [-0.3, -0.25) is 4.90 Å². The van der Waals surface area contributed by atoms with Gasteiger partial charge in [-0.15, -0.1) is 0 Å². The van der Waals surface area contributed by atoms with Crippen LogP contribution in [-0.2, 0) is 0 Å². The van der Waals surface area contributed by atoms with Crippen LogP contribution in [-0.4, -0.2) is 60.7 Å². The van der Waals surface area contributed by atoms with Crippen molar-refractivity contribution in [2.75, 3.05) is 40.3 Å². The van der Waals surface area contributed by atoms with Crippen molar-refractivity contribution in [1.29, 1.82) is 0 Å². The van der Waals surface area contributed by atoms with Gasteiger partial charge >= 0.3 is 0 Å². The number of nitrogens with zero attached hydrogens (tertiary/aromatic N) is 3. The molecule has 0 saturated carbocycles. The lowest BCUT2D eigenvalue weighted by Crippen LogP contribution is -2.56. The Kier molecular flexibility index (Phi) is 3.33. The van der Waals surface area contributed by atoms with Crippen molar-refractivity contribution < 1.29 is 0 Å². The van der Waals surface area contributed by atoms with Gasteiger partial charge in [0.15, 0.2) is 0 Å². The summed E-state index contributed by atoms with van der Waals surface area (Å²) in [5.41, 5.74) is 0.332. The summed E-state index contributed by atoms with van der Waals surface area (Å²) in [6.45, 7) is 11.5. The first-order valence-electron chi connectivity index (χ1n) is 5.08. The van der Waals surface area contributed by atoms with Gasteiger partial charge in [0.2, 0.25) is 0 Å². The highest BCUT2D eigenvalue weighted by Gasteiger charge is 2.26. The lowest BCUT2D eigenvalue weighted by molar-refractivity contribution is -0.0398. The van der Waals surface area contributed by atoms with E-state index in [1.165, 1.54) is 13.1 Å². The first-order chi connectivity index (χ1) is 5.91. The maximum Gasteiger partial charge on any atom is 0.0261 e. The first-order valence-corrected chi connectivity index (χ1v) is 5.08. The third-order valence-corrected chi connectivity index (χ3v) is 2.77. The van der Waals surface area contributed by atoms with Gasteiger partial charge in [0.25, 0.3) is 0 Å². The Morgan fingerprint density at radius 2 is 1.38 bits per heavy atom. The summed E-state index contributed by atoms with van der Waals surface area (Å²) < 4.78 is 0. The smallest absolute Gasteiger partial charge is 0.0261 e. The molecule has 0 amide bonds. The molecule has 1 fully saturated rings. The molecule has 0 bridgehead atoms. The number of piperazine rings is 1. The second-order valence-corrected chi connectivity index (χ2v) is 4.96. The van der Waals surface area contributed by atoms with Crippen LogP contribution < -0.4 is 0 Å². The van der Waals surface area contributed by atoms with Crippen LogP contribution in [0.1, 0.15) is 20.8 Å². The molecule has 78 valence electrons. The number of hydrazine groups is 1. The largest absolute Gasteiger partial charge is 0.296 e. The van der Waals surface area contributed by atoms with Crippen LogP contribution in [0.5, 0.6) is 0 Å². The molecular weight excluding hydrogens is 162 g/mol. The molecule has 0 radical (unpaired) electrons. The Morgan fingerprint density at radius 1 is 0.923 bits per heavy atom. The molecular formula is C10H23N3. The second-order valence-electron chi connectivity index (χ2n) is 4.96. The van der Waals surface area contributed by atoms with Crippen molar-refractivity contribution in [3.05, 3.63) is 0 Å². The van der Waals surface area contributed by atoms with Crippen LogP contribution in [0, 0.1) is 0 Å². The molecule has 1 saturated heterocycles. The SMILES string of the molecule is CN(C)N1CCN(C(C)(C)C)CC1. The van der Waals surface area contributed by atoms with Gasteiger partial charge < -0.3 is 0 Å². The second kappa shape index (κ2) is 3.95. The predicted octanol–water partition coefficient (Wildman–Crippen LogP) is 0.879. The Labute approximate surface area is 82.3 Å². The Balaban J connectivity index is 2.39. The van der Waals surface area contributed by atoms with Crippen molar-refractivity contribution in [1.82, 2.24) is 14.9 Å². The maximum atomic E-state index is 2.55. The minimum Gasteiger partial charge on any atom is -0.296 e. The summed E-state index contributed by atoms with van der Waals surface area (Å²) in [4.78, 5) is 2.55. The van der Waals surface area contributed by atoms with E-state index >= 15 is 0 Å². The zero-order valence-corrected chi connectivity index (χ0v) is 9.67. The highest BCUT2D eigenvalue weighted by Crippen LogP contribution is 2.15. The average Bonchev–Trinajstić information content (AvgIpc) is 2.03. The molecule has 0 atom stereocenters. The fraction of sp³-hybridized carbons (Fsp3) is 1.00. The van der Waals surface area contributed by atoms with E-state index in [0.29, 0.717) is 5.54 Å². The van der Waals surface area contributed by atoms with E-state index in [0.717, 1.165) is 13.1 Å². The predicted molar refractivity (Wildman–Crippen MR) is 56.6 cm³/mol. The van der Waals surface area contributed by atoms with Gasteiger partial charge in [-0.2, -0.15) is 0 Å². The van der Waals surface area contributed by atoms with Crippen LogP contribution in [0.15, 0.2) is 0 Å². The summed E-state index contributed by atoms with van der Waals surface area (Å²) in [5, 5.41) is 4.59. The highest BCUT2D eigenvalue weighted by molar-refractivity contribution is 4.80. The zero-order chi connectivity index (χ0) is 10.1. The number of rotatable bonds is 1. The first kappa shape index (κ1) is 11.0. The molecule has 0 unspecified atom stereocenters. The van der Waals surface area contributed by atoms with Gasteiger partial charge in [-0.1, -0.05) is 0 Å². The normalized spacial score (nSPS) is 22.6. The summed E-state index contributed by atoms with van der Waals surface area (Å²) in [6, 6.07) is 0. The Bertz CT molecular complexity index is 152. The quantitative estimate of drug-likeness (QED) is 0.600. The van der Waals surface area contributed by atoms with Crippen LogP contribution in [0.2, 0.25) is 0 Å². The van der Waals surface area contributed by atoms with Crippen LogP contribution in [0.3, 0.4) is 0 Å². The van der Waals surface area contributed by atoms with E-state index in [2.05, 4.69) is 49.8 Å². The van der Waals surface area contributed by atoms with Gasteiger partial charge in [-0.05, 0) is 20.8 Å². The van der Waals surface area contributed by atoms with E-state index in [1.807, 2.05) is 0 Å². The van der Waals surface area contributed by atoms with Crippen molar-refractivity contribution in [2.45, 2.75) is 26.3 Å². The minimum absolute atomic E-state index is 0.332. The van der Waals surface area contributed by atoms with E-state index in [4.69, 9.17) is 0 Å². The van der Waals surface area contributed by atoms with Crippen LogP contribution in [0.25, 0.3) is 0 Å². The third kappa shape index (κ3) is 2.93. The molecule has 1 rings (SSSR count). The van der Waals surface area contributed by atoms with Crippen molar-refractivity contribution in [3.63, 3.8) is 0 Å². The molecule has 0 N–H and O–H groups in total. The molecule has 1 aliphatic heterocycles. The standard InChI is InChI=1S/C10H23N3/c1-10(2,3)12-6-8-13(9-7-12)11(4)5/h6-9H2,1-5H3. The number of hydrogen-bond donors (Lipinski definition) is 0. The third-order valence-electron chi connectivity index (χ3n) is 2.77. The molecule has 3 heteroatoms. The minimum atomic E-state index is 0.332. The van der Waals surface area contributed by atoms with E-state index in [1.54, 1.807) is 0 Å². The van der Waals surface area contributed by atoms with Gasteiger partial charge in [0.1, 0.15) is 0 Å². The van der Waals surface area contributed by atoms with Gasteiger partial charge in [0, 0.05) is 45.8 Å². The molecule has 0 aromatic rings.